The molecule has 1 aliphatic heterocycles. The Morgan fingerprint density at radius 2 is 2.00 bits per heavy atom. The van der Waals surface area contributed by atoms with Gasteiger partial charge in [0.2, 0.25) is 0 Å². The smallest absolute Gasteiger partial charge is 0.0681 e. The second kappa shape index (κ2) is 3.76. The first-order valence-corrected chi connectivity index (χ1v) is 4.72. The fourth-order valence-corrected chi connectivity index (χ4v) is 1.52. The molecule has 2 rings (SSSR count). The molecule has 0 fully saturated rings. The van der Waals surface area contributed by atoms with Crippen LogP contribution in [0.25, 0.3) is 0 Å². The van der Waals surface area contributed by atoms with Gasteiger partial charge in [-0.1, -0.05) is 24.3 Å². The molecule has 0 bridgehead atoms. The van der Waals surface area contributed by atoms with Crippen LogP contribution in [0, 0.1) is 0 Å². The molecule has 0 saturated carbocycles. The molecule has 1 N–H and O–H groups in total. The van der Waals surface area contributed by atoms with Crippen molar-refractivity contribution in [3.8, 4) is 0 Å². The molecule has 0 atom stereocenters. The summed E-state index contributed by atoms with van der Waals surface area (Å²) in [4.78, 5) is 4.33. The molecule has 1 heterocycles. The zero-order valence-electron chi connectivity index (χ0n) is 8.20. The van der Waals surface area contributed by atoms with Crippen molar-refractivity contribution in [2.75, 3.05) is 0 Å². The lowest BCUT2D eigenvalue weighted by Crippen LogP contribution is -1.97. The Morgan fingerprint density at radius 3 is 2.50 bits per heavy atom. The highest BCUT2D eigenvalue weighted by Gasteiger charge is 2.08. The average Bonchev–Trinajstić information content (AvgIpc) is 2.65. The molecule has 0 aliphatic carbocycles. The lowest BCUT2D eigenvalue weighted by atomic mass is 10.0. The molecule has 2 heteroatoms. The van der Waals surface area contributed by atoms with E-state index >= 15 is 0 Å². The summed E-state index contributed by atoms with van der Waals surface area (Å²) in [5.74, 6) is 0. The minimum atomic E-state index is 0.101. The largest absolute Gasteiger partial charge is 0.392 e. The summed E-state index contributed by atoms with van der Waals surface area (Å²) in [6.07, 6.45) is 2.85. The van der Waals surface area contributed by atoms with Crippen molar-refractivity contribution in [1.82, 2.24) is 0 Å². The molecule has 0 radical (unpaired) electrons. The number of nitrogens with zero attached hydrogens (tertiary/aromatic N) is 1. The molecule has 0 amide bonds. The number of hydrogen-bond donors (Lipinski definition) is 1. The highest BCUT2D eigenvalue weighted by molar-refractivity contribution is 6.03. The minimum absolute atomic E-state index is 0.101. The highest BCUT2D eigenvalue weighted by Crippen LogP contribution is 2.17. The lowest BCUT2D eigenvalue weighted by Gasteiger charge is -2.02. The molecular weight excluding hydrogens is 174 g/mol. The number of hydrogen-bond acceptors (Lipinski definition) is 2. The zero-order valence-corrected chi connectivity index (χ0v) is 8.20. The van der Waals surface area contributed by atoms with Gasteiger partial charge in [0.15, 0.2) is 0 Å². The van der Waals surface area contributed by atoms with Gasteiger partial charge in [0.25, 0.3) is 0 Å². The zero-order chi connectivity index (χ0) is 9.97. The summed E-state index contributed by atoms with van der Waals surface area (Å²) >= 11 is 0. The van der Waals surface area contributed by atoms with E-state index < -0.39 is 0 Å². The first kappa shape index (κ1) is 9.16. The van der Waals surface area contributed by atoms with E-state index in [9.17, 15) is 0 Å². The van der Waals surface area contributed by atoms with Gasteiger partial charge in [-0.05, 0) is 23.6 Å². The topological polar surface area (TPSA) is 32.6 Å². The summed E-state index contributed by atoms with van der Waals surface area (Å²) < 4.78 is 0. The van der Waals surface area contributed by atoms with E-state index in [-0.39, 0.29) is 6.61 Å². The van der Waals surface area contributed by atoms with Crippen LogP contribution in [0.1, 0.15) is 24.5 Å². The highest BCUT2D eigenvalue weighted by atomic mass is 16.3. The molecule has 1 aliphatic rings. The second-order valence-electron chi connectivity index (χ2n) is 3.58. The Kier molecular flexibility index (Phi) is 2.46. The standard InChI is InChI=1S/C12H13NO/c1-9-6-12(13-7-9)11-4-2-10(8-14)3-5-11/h2-5,7,14H,6,8H2,1H3. The number of aliphatic hydroxyl groups excluding tert-OH is 1. The van der Waals surface area contributed by atoms with Crippen LogP contribution in [0.4, 0.5) is 0 Å². The van der Waals surface area contributed by atoms with Crippen LogP contribution in [-0.4, -0.2) is 10.8 Å². The molecule has 0 unspecified atom stereocenters. The van der Waals surface area contributed by atoms with E-state index in [4.69, 9.17) is 5.11 Å². The van der Waals surface area contributed by atoms with Gasteiger partial charge in [-0.15, -0.1) is 0 Å². The predicted molar refractivity (Wildman–Crippen MR) is 57.3 cm³/mol. The van der Waals surface area contributed by atoms with Gasteiger partial charge >= 0.3 is 0 Å². The molecule has 14 heavy (non-hydrogen) atoms. The molecule has 0 spiro atoms. The Labute approximate surface area is 83.6 Å². The van der Waals surface area contributed by atoms with Crippen LogP contribution in [0.15, 0.2) is 41.0 Å². The van der Waals surface area contributed by atoms with Crippen LogP contribution in [0.5, 0.6) is 0 Å². The summed E-state index contributed by atoms with van der Waals surface area (Å²) in [6, 6.07) is 7.89. The van der Waals surface area contributed by atoms with Gasteiger partial charge < -0.3 is 5.11 Å². The van der Waals surface area contributed by atoms with E-state index in [1.54, 1.807) is 0 Å². The Balaban J connectivity index is 2.19. The number of aliphatic imine (C=N–C) groups is 1. The van der Waals surface area contributed by atoms with E-state index in [0.717, 1.165) is 23.3 Å². The van der Waals surface area contributed by atoms with E-state index in [1.807, 2.05) is 30.5 Å². The van der Waals surface area contributed by atoms with Crippen molar-refractivity contribution < 1.29 is 5.11 Å². The number of benzene rings is 1. The van der Waals surface area contributed by atoms with Crippen LogP contribution < -0.4 is 0 Å². The van der Waals surface area contributed by atoms with Gasteiger partial charge in [0.1, 0.15) is 0 Å². The predicted octanol–water partition coefficient (Wildman–Crippen LogP) is 2.28. The fraction of sp³-hybridized carbons (Fsp3) is 0.250. The maximum absolute atomic E-state index is 8.90. The minimum Gasteiger partial charge on any atom is -0.392 e. The van der Waals surface area contributed by atoms with Gasteiger partial charge in [0.05, 0.1) is 12.3 Å². The third-order valence-electron chi connectivity index (χ3n) is 2.36. The molecule has 0 aromatic heterocycles. The normalized spacial score (nSPS) is 15.3. The monoisotopic (exact) mass is 187 g/mol. The van der Waals surface area contributed by atoms with Crippen molar-refractivity contribution in [1.29, 1.82) is 0 Å². The Hall–Kier alpha value is -1.41. The number of allylic oxidation sites excluding steroid dienone is 1. The van der Waals surface area contributed by atoms with Crippen molar-refractivity contribution in [2.45, 2.75) is 20.0 Å². The summed E-state index contributed by atoms with van der Waals surface area (Å²) in [5, 5.41) is 8.90. The maximum atomic E-state index is 8.90. The van der Waals surface area contributed by atoms with Crippen molar-refractivity contribution in [2.24, 2.45) is 4.99 Å². The quantitative estimate of drug-likeness (QED) is 0.756. The summed E-state index contributed by atoms with van der Waals surface area (Å²) in [7, 11) is 0. The molecule has 1 aromatic rings. The number of rotatable bonds is 2. The third-order valence-corrected chi connectivity index (χ3v) is 2.36. The molecule has 2 nitrogen and oxygen atoms in total. The summed E-state index contributed by atoms with van der Waals surface area (Å²) in [6.45, 7) is 2.18. The van der Waals surface area contributed by atoms with Gasteiger partial charge in [-0.3, -0.25) is 4.99 Å². The van der Waals surface area contributed by atoms with Gasteiger partial charge in [0, 0.05) is 12.6 Å². The van der Waals surface area contributed by atoms with Crippen LogP contribution in [-0.2, 0) is 6.61 Å². The third kappa shape index (κ3) is 1.75. The lowest BCUT2D eigenvalue weighted by molar-refractivity contribution is 0.282. The Bertz CT molecular complexity index is 387. The van der Waals surface area contributed by atoms with Crippen LogP contribution in [0.2, 0.25) is 0 Å². The molecule has 72 valence electrons. The Morgan fingerprint density at radius 1 is 1.29 bits per heavy atom. The fourth-order valence-electron chi connectivity index (χ4n) is 1.52. The van der Waals surface area contributed by atoms with E-state index in [2.05, 4.69) is 11.9 Å². The van der Waals surface area contributed by atoms with Crippen molar-refractivity contribution in [3.05, 3.63) is 47.2 Å². The first-order chi connectivity index (χ1) is 6.79. The molecule has 1 aromatic carbocycles. The van der Waals surface area contributed by atoms with Gasteiger partial charge in [-0.2, -0.15) is 0 Å². The first-order valence-electron chi connectivity index (χ1n) is 4.72. The molecular formula is C12H13NO. The second-order valence-corrected chi connectivity index (χ2v) is 3.58. The molecule has 0 saturated heterocycles. The van der Waals surface area contributed by atoms with Crippen molar-refractivity contribution in [3.63, 3.8) is 0 Å². The van der Waals surface area contributed by atoms with Crippen LogP contribution in [0.3, 0.4) is 0 Å². The maximum Gasteiger partial charge on any atom is 0.0681 e. The van der Waals surface area contributed by atoms with E-state index in [1.165, 1.54) is 5.57 Å². The SMILES string of the molecule is CC1=CN=C(c2ccc(CO)cc2)C1. The summed E-state index contributed by atoms with van der Waals surface area (Å²) in [5.41, 5.74) is 4.51. The van der Waals surface area contributed by atoms with Crippen LogP contribution >= 0.6 is 0 Å². The number of aliphatic hydroxyl groups is 1. The van der Waals surface area contributed by atoms with Gasteiger partial charge in [-0.25, -0.2) is 0 Å². The van der Waals surface area contributed by atoms with Crippen molar-refractivity contribution >= 4 is 5.71 Å². The average molecular weight is 187 g/mol. The van der Waals surface area contributed by atoms with E-state index in [0.29, 0.717) is 0 Å².